The summed E-state index contributed by atoms with van der Waals surface area (Å²) in [6, 6.07) is 19.8. The van der Waals surface area contributed by atoms with Gasteiger partial charge in [0.25, 0.3) is 0 Å². The average molecular weight is 285 g/mol. The highest BCUT2D eigenvalue weighted by Gasteiger charge is 1.99. The summed E-state index contributed by atoms with van der Waals surface area (Å²) in [6.07, 6.45) is 1.09. The summed E-state index contributed by atoms with van der Waals surface area (Å²) in [5.74, 6) is 0. The molecule has 0 bridgehead atoms. The number of halogens is 1. The number of hydrogen-bond acceptors (Lipinski definition) is 0. The average Bonchev–Trinajstić information content (AvgIpc) is 2.36. The molecule has 0 atom stereocenters. The van der Waals surface area contributed by atoms with Crippen molar-refractivity contribution < 1.29 is 0 Å². The molecule has 0 aliphatic carbocycles. The zero-order valence-corrected chi connectivity index (χ0v) is 11.1. The molecule has 1 heteroatoms. The van der Waals surface area contributed by atoms with E-state index >= 15 is 0 Å². The van der Waals surface area contributed by atoms with Gasteiger partial charge in [-0.3, -0.25) is 0 Å². The molecule has 0 saturated carbocycles. The zero-order chi connectivity index (χ0) is 11.7. The first-order chi connectivity index (χ1) is 8.36. The number of rotatable bonds is 2. The minimum Gasteiger partial charge on any atom is -0.0924 e. The quantitative estimate of drug-likeness (QED) is 0.462. The van der Waals surface area contributed by atoms with E-state index in [0.29, 0.717) is 0 Å². The Morgan fingerprint density at radius 2 is 1.35 bits per heavy atom. The van der Waals surface area contributed by atoms with E-state index in [1.54, 1.807) is 0 Å². The summed E-state index contributed by atoms with van der Waals surface area (Å²) in [4.78, 5) is 0. The van der Waals surface area contributed by atoms with Crippen LogP contribution in [0.4, 0.5) is 0 Å². The van der Waals surface area contributed by atoms with Crippen LogP contribution in [0.5, 0.6) is 0 Å². The lowest BCUT2D eigenvalue weighted by Gasteiger charge is -2.04. The van der Waals surface area contributed by atoms with Gasteiger partial charge in [0, 0.05) is 5.33 Å². The summed E-state index contributed by atoms with van der Waals surface area (Å²) in [5.41, 5.74) is 1.39. The van der Waals surface area contributed by atoms with E-state index in [4.69, 9.17) is 0 Å². The number of benzene rings is 3. The first-order valence-corrected chi connectivity index (χ1v) is 6.96. The molecule has 0 amide bonds. The molecule has 3 aromatic carbocycles. The normalized spacial score (nSPS) is 11.1. The Hall–Kier alpha value is -1.34. The second kappa shape index (κ2) is 4.50. The second-order valence-electron chi connectivity index (χ2n) is 4.32. The fourth-order valence-electron chi connectivity index (χ4n) is 2.25. The minimum absolute atomic E-state index is 1.02. The molecule has 0 saturated heterocycles. The predicted octanol–water partition coefficient (Wildman–Crippen LogP) is 4.93. The number of aryl methyl sites for hydroxylation is 1. The monoisotopic (exact) mass is 284 g/mol. The Kier molecular flexibility index (Phi) is 2.86. The molecular formula is C16H13Br. The standard InChI is InChI=1S/C16H13Br/c17-8-7-12-5-6-15-10-13-3-1-2-4-14(13)11-16(15)9-12/h1-6,9-11H,7-8H2. The highest BCUT2D eigenvalue weighted by molar-refractivity contribution is 9.09. The van der Waals surface area contributed by atoms with Gasteiger partial charge in [0.15, 0.2) is 0 Å². The fourth-order valence-corrected chi connectivity index (χ4v) is 2.71. The van der Waals surface area contributed by atoms with Crippen molar-refractivity contribution >= 4 is 37.5 Å². The lowest BCUT2D eigenvalue weighted by molar-refractivity contribution is 1.18. The summed E-state index contributed by atoms with van der Waals surface area (Å²) in [6.45, 7) is 0. The van der Waals surface area contributed by atoms with Gasteiger partial charge in [-0.25, -0.2) is 0 Å². The summed E-state index contributed by atoms with van der Waals surface area (Å²) in [7, 11) is 0. The van der Waals surface area contributed by atoms with E-state index in [-0.39, 0.29) is 0 Å². The molecule has 0 radical (unpaired) electrons. The number of fused-ring (bicyclic) bond motifs is 2. The molecule has 0 spiro atoms. The number of hydrogen-bond donors (Lipinski definition) is 0. The van der Waals surface area contributed by atoms with Gasteiger partial charge >= 0.3 is 0 Å². The van der Waals surface area contributed by atoms with Crippen LogP contribution in [0.15, 0.2) is 54.6 Å². The smallest absolute Gasteiger partial charge is 0.00718 e. The highest BCUT2D eigenvalue weighted by Crippen LogP contribution is 2.23. The summed E-state index contributed by atoms with van der Waals surface area (Å²) < 4.78 is 0. The Balaban J connectivity index is 2.25. The molecule has 0 aromatic heterocycles. The third kappa shape index (κ3) is 2.07. The van der Waals surface area contributed by atoms with Crippen LogP contribution in [0.25, 0.3) is 21.5 Å². The predicted molar refractivity (Wildman–Crippen MR) is 79.0 cm³/mol. The summed E-state index contributed by atoms with van der Waals surface area (Å²) in [5, 5.41) is 6.31. The van der Waals surface area contributed by atoms with E-state index in [1.807, 2.05) is 0 Å². The van der Waals surface area contributed by atoms with Crippen LogP contribution in [0.2, 0.25) is 0 Å². The van der Waals surface area contributed by atoms with E-state index in [0.717, 1.165) is 11.8 Å². The molecule has 0 fully saturated rings. The minimum atomic E-state index is 1.02. The molecule has 84 valence electrons. The van der Waals surface area contributed by atoms with Gasteiger partial charge in [-0.15, -0.1) is 0 Å². The Bertz CT molecular complexity index is 670. The lowest BCUT2D eigenvalue weighted by Crippen LogP contribution is -1.85. The van der Waals surface area contributed by atoms with E-state index in [9.17, 15) is 0 Å². The first kappa shape index (κ1) is 10.8. The fraction of sp³-hybridized carbons (Fsp3) is 0.125. The van der Waals surface area contributed by atoms with Gasteiger partial charge in [-0.2, -0.15) is 0 Å². The van der Waals surface area contributed by atoms with Crippen LogP contribution in [0.1, 0.15) is 5.56 Å². The topological polar surface area (TPSA) is 0 Å². The maximum atomic E-state index is 3.49. The van der Waals surface area contributed by atoms with Crippen molar-refractivity contribution in [2.45, 2.75) is 6.42 Å². The van der Waals surface area contributed by atoms with Crippen molar-refractivity contribution in [2.24, 2.45) is 0 Å². The molecule has 3 aromatic rings. The maximum Gasteiger partial charge on any atom is 0.00718 e. The van der Waals surface area contributed by atoms with Gasteiger partial charge in [0.1, 0.15) is 0 Å². The number of alkyl halides is 1. The van der Waals surface area contributed by atoms with Gasteiger partial charge in [-0.1, -0.05) is 58.4 Å². The van der Waals surface area contributed by atoms with E-state index in [2.05, 4.69) is 70.5 Å². The van der Waals surface area contributed by atoms with Crippen LogP contribution in [-0.2, 0) is 6.42 Å². The largest absolute Gasteiger partial charge is 0.0924 e. The molecule has 0 N–H and O–H groups in total. The summed E-state index contributed by atoms with van der Waals surface area (Å²) >= 11 is 3.49. The molecule has 0 unspecified atom stereocenters. The van der Waals surface area contributed by atoms with E-state index < -0.39 is 0 Å². The van der Waals surface area contributed by atoms with Crippen LogP contribution in [-0.4, -0.2) is 5.33 Å². The Morgan fingerprint density at radius 1 is 0.706 bits per heavy atom. The third-order valence-corrected chi connectivity index (χ3v) is 3.55. The van der Waals surface area contributed by atoms with Crippen molar-refractivity contribution in [2.75, 3.05) is 5.33 Å². The van der Waals surface area contributed by atoms with Crippen molar-refractivity contribution in [1.29, 1.82) is 0 Å². The SMILES string of the molecule is BrCCc1ccc2cc3ccccc3cc2c1. The molecule has 3 rings (SSSR count). The Morgan fingerprint density at radius 3 is 2.06 bits per heavy atom. The molecule has 0 aliphatic rings. The van der Waals surface area contributed by atoms with Crippen molar-refractivity contribution in [3.8, 4) is 0 Å². The first-order valence-electron chi connectivity index (χ1n) is 5.84. The second-order valence-corrected chi connectivity index (χ2v) is 5.11. The van der Waals surface area contributed by atoms with Crippen LogP contribution in [0.3, 0.4) is 0 Å². The molecular weight excluding hydrogens is 272 g/mol. The van der Waals surface area contributed by atoms with Gasteiger partial charge in [0.2, 0.25) is 0 Å². The van der Waals surface area contributed by atoms with Gasteiger partial charge in [-0.05, 0) is 45.7 Å². The zero-order valence-electron chi connectivity index (χ0n) is 9.49. The van der Waals surface area contributed by atoms with Crippen molar-refractivity contribution in [3.05, 3.63) is 60.2 Å². The van der Waals surface area contributed by atoms with Gasteiger partial charge in [0.05, 0.1) is 0 Å². The van der Waals surface area contributed by atoms with Crippen molar-refractivity contribution in [1.82, 2.24) is 0 Å². The highest BCUT2D eigenvalue weighted by atomic mass is 79.9. The third-order valence-electron chi connectivity index (χ3n) is 3.15. The molecule has 0 aliphatic heterocycles. The van der Waals surface area contributed by atoms with Crippen LogP contribution < -0.4 is 0 Å². The Labute approximate surface area is 109 Å². The molecule has 17 heavy (non-hydrogen) atoms. The van der Waals surface area contributed by atoms with Crippen molar-refractivity contribution in [3.63, 3.8) is 0 Å². The van der Waals surface area contributed by atoms with E-state index in [1.165, 1.54) is 27.1 Å². The maximum absolute atomic E-state index is 3.49. The lowest BCUT2D eigenvalue weighted by atomic mass is 10.0. The van der Waals surface area contributed by atoms with Crippen LogP contribution >= 0.6 is 15.9 Å². The molecule has 0 nitrogen and oxygen atoms in total. The van der Waals surface area contributed by atoms with Gasteiger partial charge < -0.3 is 0 Å². The van der Waals surface area contributed by atoms with Crippen LogP contribution in [0, 0.1) is 0 Å². The molecule has 0 heterocycles.